The average molecular weight is 204 g/mol. The maximum atomic E-state index is 9.32. The highest BCUT2D eigenvalue weighted by molar-refractivity contribution is 4.51. The molecule has 0 rings (SSSR count). The summed E-state index contributed by atoms with van der Waals surface area (Å²) in [4.78, 5) is 0. The van der Waals surface area contributed by atoms with Crippen LogP contribution in [-0.4, -0.2) is 37.6 Å². The van der Waals surface area contributed by atoms with Crippen molar-refractivity contribution in [3.63, 3.8) is 0 Å². The minimum absolute atomic E-state index is 0.310. The summed E-state index contributed by atoms with van der Waals surface area (Å²) in [5.74, 6) is 0. The number of hydrogen-bond donors (Lipinski definition) is 1. The molecule has 0 heterocycles. The smallest absolute Gasteiger partial charge is 0.0773 e. The fourth-order valence-electron chi connectivity index (χ4n) is 1.10. The van der Waals surface area contributed by atoms with Crippen LogP contribution in [0.4, 0.5) is 0 Å². The van der Waals surface area contributed by atoms with Gasteiger partial charge in [-0.2, -0.15) is 0 Å². The largest absolute Gasteiger partial charge is 0.391 e. The van der Waals surface area contributed by atoms with Crippen LogP contribution >= 0.6 is 0 Å². The molecule has 0 saturated heterocycles. The average Bonchev–Trinajstić information content (AvgIpc) is 2.17. The van der Waals surface area contributed by atoms with E-state index in [1.807, 2.05) is 0 Å². The molecule has 0 amide bonds. The fraction of sp³-hybridized carbons (Fsp3) is 1.00. The first-order valence-corrected chi connectivity index (χ1v) is 5.64. The zero-order valence-electron chi connectivity index (χ0n) is 9.50. The molecule has 0 radical (unpaired) electrons. The van der Waals surface area contributed by atoms with Crippen molar-refractivity contribution in [1.82, 2.24) is 0 Å². The summed E-state index contributed by atoms with van der Waals surface area (Å²) in [6, 6.07) is 0. The summed E-state index contributed by atoms with van der Waals surface area (Å²) < 4.78 is 10.6. The highest BCUT2D eigenvalue weighted by Crippen LogP contribution is 1.96. The van der Waals surface area contributed by atoms with Gasteiger partial charge in [-0.05, 0) is 12.8 Å². The Kier molecular flexibility index (Phi) is 10.9. The van der Waals surface area contributed by atoms with Gasteiger partial charge in [0.2, 0.25) is 0 Å². The number of aliphatic hydroxyl groups is 1. The second-order valence-corrected chi connectivity index (χ2v) is 3.48. The van der Waals surface area contributed by atoms with E-state index in [9.17, 15) is 5.11 Å². The molecule has 0 aromatic rings. The predicted octanol–water partition coefficient (Wildman–Crippen LogP) is 1.98. The van der Waals surface area contributed by atoms with E-state index < -0.39 is 0 Å². The van der Waals surface area contributed by atoms with E-state index in [-0.39, 0.29) is 6.10 Å². The minimum Gasteiger partial charge on any atom is -0.391 e. The first-order chi connectivity index (χ1) is 6.81. The lowest BCUT2D eigenvalue weighted by molar-refractivity contribution is 0.000920. The Bertz CT molecular complexity index is 107. The van der Waals surface area contributed by atoms with Gasteiger partial charge in [0.25, 0.3) is 0 Å². The van der Waals surface area contributed by atoms with Gasteiger partial charge in [-0.15, -0.1) is 0 Å². The predicted molar refractivity (Wildman–Crippen MR) is 57.5 cm³/mol. The van der Waals surface area contributed by atoms with Crippen LogP contribution in [0.3, 0.4) is 0 Å². The lowest BCUT2D eigenvalue weighted by Gasteiger charge is -2.09. The number of ether oxygens (including phenoxy) is 2. The van der Waals surface area contributed by atoms with Gasteiger partial charge >= 0.3 is 0 Å². The normalized spacial score (nSPS) is 13.1. The van der Waals surface area contributed by atoms with Gasteiger partial charge in [0.15, 0.2) is 0 Å². The monoisotopic (exact) mass is 204 g/mol. The van der Waals surface area contributed by atoms with Gasteiger partial charge in [-0.3, -0.25) is 0 Å². The van der Waals surface area contributed by atoms with Gasteiger partial charge in [-0.1, -0.05) is 26.7 Å². The van der Waals surface area contributed by atoms with Crippen molar-refractivity contribution in [2.75, 3.05) is 26.4 Å². The fourth-order valence-corrected chi connectivity index (χ4v) is 1.10. The van der Waals surface area contributed by atoms with Crippen molar-refractivity contribution in [1.29, 1.82) is 0 Å². The highest BCUT2D eigenvalue weighted by atomic mass is 16.5. The standard InChI is InChI=1S/C11H24O3/c1-3-5-7-13-8-9-14-10-11(12)6-4-2/h11-12H,3-10H2,1-2H3. The van der Waals surface area contributed by atoms with E-state index in [2.05, 4.69) is 13.8 Å². The first kappa shape index (κ1) is 13.9. The van der Waals surface area contributed by atoms with Crippen molar-refractivity contribution < 1.29 is 14.6 Å². The molecule has 1 unspecified atom stereocenters. The van der Waals surface area contributed by atoms with Crippen LogP contribution in [0.5, 0.6) is 0 Å². The quantitative estimate of drug-likeness (QED) is 0.553. The SMILES string of the molecule is CCCCOCCOCC(O)CCC. The molecule has 0 aliphatic rings. The van der Waals surface area contributed by atoms with E-state index in [1.54, 1.807) is 0 Å². The number of aliphatic hydroxyl groups excluding tert-OH is 1. The van der Waals surface area contributed by atoms with Crippen molar-refractivity contribution in [2.45, 2.75) is 45.6 Å². The molecule has 0 fully saturated rings. The summed E-state index contributed by atoms with van der Waals surface area (Å²) in [5, 5.41) is 9.32. The Morgan fingerprint density at radius 2 is 1.71 bits per heavy atom. The maximum Gasteiger partial charge on any atom is 0.0773 e. The molecule has 14 heavy (non-hydrogen) atoms. The maximum absolute atomic E-state index is 9.32. The third-order valence-electron chi connectivity index (χ3n) is 1.95. The van der Waals surface area contributed by atoms with Crippen molar-refractivity contribution in [3.8, 4) is 0 Å². The second-order valence-electron chi connectivity index (χ2n) is 3.48. The summed E-state index contributed by atoms with van der Waals surface area (Å²) >= 11 is 0. The highest BCUT2D eigenvalue weighted by Gasteiger charge is 2.01. The molecule has 0 spiro atoms. The molecule has 0 aromatic carbocycles. The Labute approximate surface area is 87.4 Å². The zero-order valence-corrected chi connectivity index (χ0v) is 9.50. The van der Waals surface area contributed by atoms with E-state index in [4.69, 9.17) is 9.47 Å². The molecule has 86 valence electrons. The van der Waals surface area contributed by atoms with Gasteiger partial charge in [-0.25, -0.2) is 0 Å². The molecule has 3 nitrogen and oxygen atoms in total. The number of rotatable bonds is 10. The van der Waals surface area contributed by atoms with Crippen molar-refractivity contribution in [3.05, 3.63) is 0 Å². The van der Waals surface area contributed by atoms with Gasteiger partial charge in [0, 0.05) is 6.61 Å². The van der Waals surface area contributed by atoms with E-state index in [1.165, 1.54) is 0 Å². The molecule has 3 heteroatoms. The summed E-state index contributed by atoms with van der Waals surface area (Å²) in [6.45, 7) is 6.67. The molecule has 1 atom stereocenters. The van der Waals surface area contributed by atoms with Crippen molar-refractivity contribution >= 4 is 0 Å². The van der Waals surface area contributed by atoms with E-state index in [0.717, 1.165) is 32.3 Å². The molecule has 0 aliphatic heterocycles. The molecule has 0 bridgehead atoms. The lowest BCUT2D eigenvalue weighted by Crippen LogP contribution is -2.17. The van der Waals surface area contributed by atoms with Crippen molar-refractivity contribution in [2.24, 2.45) is 0 Å². The van der Waals surface area contributed by atoms with Crippen LogP contribution < -0.4 is 0 Å². The molecule has 0 aliphatic carbocycles. The lowest BCUT2D eigenvalue weighted by atomic mass is 10.2. The Balaban J connectivity index is 2.98. The van der Waals surface area contributed by atoms with Crippen LogP contribution in [0.2, 0.25) is 0 Å². The molecular formula is C11H24O3. The summed E-state index contributed by atoms with van der Waals surface area (Å²) in [6.07, 6.45) is 3.78. The third-order valence-corrected chi connectivity index (χ3v) is 1.95. The van der Waals surface area contributed by atoms with Crippen LogP contribution in [0.15, 0.2) is 0 Å². The van der Waals surface area contributed by atoms with Crippen LogP contribution in [-0.2, 0) is 9.47 Å². The van der Waals surface area contributed by atoms with Gasteiger partial charge in [0.05, 0.1) is 25.9 Å². The molecule has 0 saturated carbocycles. The molecule has 1 N–H and O–H groups in total. The Hall–Kier alpha value is -0.120. The Morgan fingerprint density at radius 3 is 2.36 bits per heavy atom. The minimum atomic E-state index is -0.310. The first-order valence-electron chi connectivity index (χ1n) is 5.64. The van der Waals surface area contributed by atoms with E-state index in [0.29, 0.717) is 19.8 Å². The summed E-state index contributed by atoms with van der Waals surface area (Å²) in [7, 11) is 0. The van der Waals surface area contributed by atoms with Crippen LogP contribution in [0.1, 0.15) is 39.5 Å². The number of hydrogen-bond acceptors (Lipinski definition) is 3. The Morgan fingerprint density at radius 1 is 1.00 bits per heavy atom. The van der Waals surface area contributed by atoms with Gasteiger partial charge in [0.1, 0.15) is 0 Å². The summed E-state index contributed by atoms with van der Waals surface area (Å²) in [5.41, 5.74) is 0. The molecular weight excluding hydrogens is 180 g/mol. The van der Waals surface area contributed by atoms with Crippen LogP contribution in [0, 0.1) is 0 Å². The van der Waals surface area contributed by atoms with Gasteiger partial charge < -0.3 is 14.6 Å². The zero-order chi connectivity index (χ0) is 10.6. The number of unbranched alkanes of at least 4 members (excludes halogenated alkanes) is 1. The topological polar surface area (TPSA) is 38.7 Å². The molecule has 0 aromatic heterocycles. The van der Waals surface area contributed by atoms with E-state index >= 15 is 0 Å². The van der Waals surface area contributed by atoms with Crippen LogP contribution in [0.25, 0.3) is 0 Å². The third kappa shape index (κ3) is 9.96. The second kappa shape index (κ2) is 11.0.